The molecule has 1 aromatic heterocycles. The zero-order valence-electron chi connectivity index (χ0n) is 11.8. The number of rotatable bonds is 4. The van der Waals surface area contributed by atoms with E-state index < -0.39 is 0 Å². The summed E-state index contributed by atoms with van der Waals surface area (Å²) in [6.07, 6.45) is 2.36. The molecule has 1 unspecified atom stereocenters. The molecule has 0 aliphatic heterocycles. The lowest BCUT2D eigenvalue weighted by Crippen LogP contribution is -2.19. The van der Waals surface area contributed by atoms with Gasteiger partial charge in [-0.3, -0.25) is 0 Å². The predicted octanol–water partition coefficient (Wildman–Crippen LogP) is 4.68. The van der Waals surface area contributed by atoms with Crippen molar-refractivity contribution in [3.8, 4) is 0 Å². The zero-order valence-corrected chi connectivity index (χ0v) is 14.2. The van der Waals surface area contributed by atoms with Crippen LogP contribution in [0, 0.1) is 5.92 Å². The minimum absolute atomic E-state index is 0.0169. The normalized spacial score (nSPS) is 17.6. The van der Waals surface area contributed by atoms with E-state index in [1.807, 2.05) is 6.92 Å². The van der Waals surface area contributed by atoms with E-state index in [9.17, 15) is 0 Å². The summed E-state index contributed by atoms with van der Waals surface area (Å²) in [5, 5.41) is 0.472. The molecule has 1 aromatic rings. The molecule has 0 radical (unpaired) electrons. The third-order valence-electron chi connectivity index (χ3n) is 3.19. The summed E-state index contributed by atoms with van der Waals surface area (Å²) in [5.41, 5.74) is 0.855. The van der Waals surface area contributed by atoms with Crippen LogP contribution in [0.3, 0.4) is 0 Å². The highest BCUT2D eigenvalue weighted by Crippen LogP contribution is 2.43. The van der Waals surface area contributed by atoms with E-state index in [1.54, 1.807) is 0 Å². The average molecular weight is 348 g/mol. The molecule has 1 aliphatic carbocycles. The van der Waals surface area contributed by atoms with Gasteiger partial charge in [-0.1, -0.05) is 32.4 Å². The average Bonchev–Trinajstić information content (AvgIpc) is 3.12. The van der Waals surface area contributed by atoms with Gasteiger partial charge in [0, 0.05) is 12.0 Å². The number of hydrogen-bond acceptors (Lipinski definition) is 3. The largest absolute Gasteiger partial charge is 0.370 e. The first-order chi connectivity index (χ1) is 8.84. The molecule has 0 bridgehead atoms. The van der Waals surface area contributed by atoms with Crippen molar-refractivity contribution >= 4 is 27.5 Å². The van der Waals surface area contributed by atoms with Gasteiger partial charge in [0.05, 0.1) is 10.2 Å². The fourth-order valence-corrected chi connectivity index (χ4v) is 3.01. The minimum Gasteiger partial charge on any atom is -0.370 e. The number of hydrogen-bond donors (Lipinski definition) is 0. The fourth-order valence-electron chi connectivity index (χ4n) is 2.06. The summed E-state index contributed by atoms with van der Waals surface area (Å²) in [5.74, 6) is 1.27. The molecule has 0 N–H and O–H groups in total. The Bertz CT molecular complexity index is 469. The van der Waals surface area contributed by atoms with E-state index in [2.05, 4.69) is 41.7 Å². The quantitative estimate of drug-likeness (QED) is 0.742. The van der Waals surface area contributed by atoms with E-state index in [0.717, 1.165) is 16.0 Å². The molecule has 1 heterocycles. The van der Waals surface area contributed by atoms with Crippen molar-refractivity contribution in [1.29, 1.82) is 0 Å². The maximum absolute atomic E-state index is 6.24. The highest BCUT2D eigenvalue weighted by atomic mass is 79.9. The molecule has 5 heteroatoms. The van der Waals surface area contributed by atoms with Gasteiger partial charge in [0.25, 0.3) is 0 Å². The van der Waals surface area contributed by atoms with Crippen LogP contribution >= 0.6 is 27.5 Å². The van der Waals surface area contributed by atoms with Gasteiger partial charge in [-0.15, -0.1) is 0 Å². The Morgan fingerprint density at radius 3 is 2.47 bits per heavy atom. The molecule has 0 aromatic carbocycles. The van der Waals surface area contributed by atoms with Crippen LogP contribution in [0.25, 0.3) is 0 Å². The molecule has 2 rings (SSSR count). The van der Waals surface area contributed by atoms with Gasteiger partial charge in [-0.25, -0.2) is 9.97 Å². The molecular weight excluding hydrogens is 328 g/mol. The Morgan fingerprint density at radius 1 is 1.37 bits per heavy atom. The summed E-state index contributed by atoms with van der Waals surface area (Å²) in [6.45, 7) is 9.02. The molecular formula is C14H20BrClN2O. The highest BCUT2D eigenvalue weighted by molar-refractivity contribution is 9.10. The van der Waals surface area contributed by atoms with E-state index in [0.29, 0.717) is 17.7 Å². The first-order valence-electron chi connectivity index (χ1n) is 6.69. The van der Waals surface area contributed by atoms with Crippen LogP contribution in [0.4, 0.5) is 0 Å². The van der Waals surface area contributed by atoms with Crippen molar-refractivity contribution in [3.05, 3.63) is 21.1 Å². The lowest BCUT2D eigenvalue weighted by Gasteiger charge is -2.23. The minimum atomic E-state index is -0.0829. The molecule has 1 aliphatic rings. The molecule has 0 spiro atoms. The summed E-state index contributed by atoms with van der Waals surface area (Å²) in [4.78, 5) is 9.13. The van der Waals surface area contributed by atoms with Crippen molar-refractivity contribution in [2.45, 2.75) is 52.1 Å². The molecule has 0 amide bonds. The first-order valence-corrected chi connectivity index (χ1v) is 7.86. The van der Waals surface area contributed by atoms with Gasteiger partial charge in [0.15, 0.2) is 5.82 Å². The SMILES string of the molecule is CCOC(c1nc(Cl)c(Br)c(C(C)(C)C)n1)C1CC1. The van der Waals surface area contributed by atoms with Gasteiger partial charge in [-0.05, 0) is 41.6 Å². The van der Waals surface area contributed by atoms with Crippen molar-refractivity contribution in [1.82, 2.24) is 9.97 Å². The number of nitrogens with zero attached hydrogens (tertiary/aromatic N) is 2. The number of ether oxygens (including phenoxy) is 1. The molecule has 19 heavy (non-hydrogen) atoms. The maximum Gasteiger partial charge on any atom is 0.159 e. The van der Waals surface area contributed by atoms with Crippen LogP contribution in [0.15, 0.2) is 4.47 Å². The molecule has 3 nitrogen and oxygen atoms in total. The van der Waals surface area contributed by atoms with E-state index in [-0.39, 0.29) is 11.5 Å². The topological polar surface area (TPSA) is 35.0 Å². The van der Waals surface area contributed by atoms with Crippen LogP contribution in [0.5, 0.6) is 0 Å². The van der Waals surface area contributed by atoms with Crippen LogP contribution in [-0.4, -0.2) is 16.6 Å². The molecule has 106 valence electrons. The third-order valence-corrected chi connectivity index (χ3v) is 4.44. The number of aromatic nitrogens is 2. The van der Waals surface area contributed by atoms with Gasteiger partial charge < -0.3 is 4.74 Å². The van der Waals surface area contributed by atoms with E-state index >= 15 is 0 Å². The van der Waals surface area contributed by atoms with E-state index in [1.165, 1.54) is 12.8 Å². The Labute approximate surface area is 128 Å². The van der Waals surface area contributed by atoms with Crippen LogP contribution in [-0.2, 0) is 10.2 Å². The highest BCUT2D eigenvalue weighted by Gasteiger charge is 2.36. The summed E-state index contributed by atoms with van der Waals surface area (Å²) >= 11 is 9.73. The maximum atomic E-state index is 6.24. The lowest BCUT2D eigenvalue weighted by molar-refractivity contribution is 0.0397. The smallest absolute Gasteiger partial charge is 0.159 e. The van der Waals surface area contributed by atoms with Crippen molar-refractivity contribution in [2.75, 3.05) is 6.61 Å². The summed E-state index contributed by atoms with van der Waals surface area (Å²) < 4.78 is 6.60. The second-order valence-electron chi connectivity index (χ2n) is 6.00. The molecule has 1 saturated carbocycles. The molecule has 1 atom stereocenters. The predicted molar refractivity (Wildman–Crippen MR) is 80.5 cm³/mol. The molecule has 1 fully saturated rings. The standard InChI is InChI=1S/C14H20BrClN2O/c1-5-19-10(8-6-7-8)13-17-11(14(2,3)4)9(15)12(16)18-13/h8,10H,5-7H2,1-4H3. The van der Waals surface area contributed by atoms with Crippen LogP contribution in [0.1, 0.15) is 58.2 Å². The van der Waals surface area contributed by atoms with Gasteiger partial charge >= 0.3 is 0 Å². The second kappa shape index (κ2) is 5.66. The Kier molecular flexibility index (Phi) is 4.53. The zero-order chi connectivity index (χ0) is 14.2. The monoisotopic (exact) mass is 346 g/mol. The number of halogens is 2. The molecule has 0 saturated heterocycles. The Hall–Kier alpha value is -0.190. The van der Waals surface area contributed by atoms with Crippen molar-refractivity contribution in [3.63, 3.8) is 0 Å². The Morgan fingerprint density at radius 2 is 2.00 bits per heavy atom. The van der Waals surface area contributed by atoms with Gasteiger partial charge in [0.1, 0.15) is 11.3 Å². The summed E-state index contributed by atoms with van der Waals surface area (Å²) in [6, 6.07) is 0. The first kappa shape index (κ1) is 15.2. The third kappa shape index (κ3) is 3.47. The van der Waals surface area contributed by atoms with E-state index in [4.69, 9.17) is 21.3 Å². The van der Waals surface area contributed by atoms with Gasteiger partial charge in [0.2, 0.25) is 0 Å². The van der Waals surface area contributed by atoms with Gasteiger partial charge in [-0.2, -0.15) is 0 Å². The van der Waals surface area contributed by atoms with Crippen molar-refractivity contribution in [2.24, 2.45) is 5.92 Å². The van der Waals surface area contributed by atoms with Crippen molar-refractivity contribution < 1.29 is 4.74 Å². The van der Waals surface area contributed by atoms with Crippen LogP contribution in [0.2, 0.25) is 5.15 Å². The Balaban J connectivity index is 2.43. The fraction of sp³-hybridized carbons (Fsp3) is 0.714. The van der Waals surface area contributed by atoms with Crippen LogP contribution < -0.4 is 0 Å². The second-order valence-corrected chi connectivity index (χ2v) is 7.15. The summed E-state index contributed by atoms with van der Waals surface area (Å²) in [7, 11) is 0. The lowest BCUT2D eigenvalue weighted by atomic mass is 9.92.